The van der Waals surface area contributed by atoms with Crippen molar-refractivity contribution in [3.63, 3.8) is 0 Å². The molecule has 0 bridgehead atoms. The maximum absolute atomic E-state index is 11.7. The number of nitriles is 1. The lowest BCUT2D eigenvalue weighted by Gasteiger charge is -2.12. The van der Waals surface area contributed by atoms with Gasteiger partial charge in [-0.2, -0.15) is 10.4 Å². The number of anilines is 1. The van der Waals surface area contributed by atoms with Gasteiger partial charge >= 0.3 is 5.97 Å². The van der Waals surface area contributed by atoms with Gasteiger partial charge in [0.1, 0.15) is 11.6 Å². The Bertz CT molecular complexity index is 528. The van der Waals surface area contributed by atoms with E-state index in [4.69, 9.17) is 10.4 Å². The minimum Gasteiger partial charge on any atom is -0.481 e. The van der Waals surface area contributed by atoms with Crippen molar-refractivity contribution in [3.8, 4) is 6.07 Å². The molecule has 1 fully saturated rings. The number of carboxylic acids is 1. The van der Waals surface area contributed by atoms with Gasteiger partial charge < -0.3 is 5.11 Å². The van der Waals surface area contributed by atoms with Crippen LogP contribution >= 0.6 is 0 Å². The van der Waals surface area contributed by atoms with Gasteiger partial charge in [0, 0.05) is 13.0 Å². The van der Waals surface area contributed by atoms with Crippen LogP contribution in [-0.2, 0) is 9.59 Å². The van der Waals surface area contributed by atoms with Crippen LogP contribution in [0.15, 0.2) is 0 Å². The molecule has 0 saturated carbocycles. The van der Waals surface area contributed by atoms with E-state index in [0.717, 1.165) is 0 Å². The van der Waals surface area contributed by atoms with Crippen molar-refractivity contribution in [3.05, 3.63) is 11.3 Å². The summed E-state index contributed by atoms with van der Waals surface area (Å²) < 4.78 is 0. The molecule has 17 heavy (non-hydrogen) atoms. The topological polar surface area (TPSA) is 110 Å². The highest BCUT2D eigenvalue weighted by Gasteiger charge is 2.37. The molecule has 1 amide bonds. The first kappa shape index (κ1) is 11.1. The fourth-order valence-electron chi connectivity index (χ4n) is 1.82. The van der Waals surface area contributed by atoms with Crippen molar-refractivity contribution in [1.82, 2.24) is 10.2 Å². The van der Waals surface area contributed by atoms with Crippen LogP contribution < -0.4 is 4.90 Å². The SMILES string of the molecule is Cc1[nH]nc(N2CC(C(=O)O)CC2=O)c1C#N. The maximum Gasteiger partial charge on any atom is 0.308 e. The number of hydrogen-bond acceptors (Lipinski definition) is 4. The quantitative estimate of drug-likeness (QED) is 0.749. The number of aliphatic carboxylic acids is 1. The maximum atomic E-state index is 11.7. The second-order valence-corrected chi connectivity index (χ2v) is 3.90. The van der Waals surface area contributed by atoms with E-state index in [-0.39, 0.29) is 30.3 Å². The number of carbonyl (C=O) groups is 2. The van der Waals surface area contributed by atoms with Crippen LogP contribution in [0.3, 0.4) is 0 Å². The zero-order chi connectivity index (χ0) is 12.6. The molecule has 1 aliphatic rings. The standard InChI is InChI=1S/C10H10N4O3/c1-5-7(3-11)9(13-12-5)14-4-6(10(16)17)2-8(14)15/h6H,2,4H2,1H3,(H,12,13)(H,16,17). The average Bonchev–Trinajstić information content (AvgIpc) is 2.81. The summed E-state index contributed by atoms with van der Waals surface area (Å²) in [6.07, 6.45) is -0.0495. The van der Waals surface area contributed by atoms with Crippen LogP contribution in [0.2, 0.25) is 0 Å². The van der Waals surface area contributed by atoms with E-state index in [1.54, 1.807) is 6.92 Å². The summed E-state index contributed by atoms with van der Waals surface area (Å²) in [6.45, 7) is 1.73. The number of aromatic nitrogens is 2. The van der Waals surface area contributed by atoms with Crippen LogP contribution in [0, 0.1) is 24.2 Å². The molecule has 1 aromatic heterocycles. The predicted molar refractivity (Wildman–Crippen MR) is 56.1 cm³/mol. The van der Waals surface area contributed by atoms with E-state index in [9.17, 15) is 9.59 Å². The summed E-state index contributed by atoms with van der Waals surface area (Å²) >= 11 is 0. The number of amides is 1. The summed E-state index contributed by atoms with van der Waals surface area (Å²) in [7, 11) is 0. The number of nitrogens with one attached hydrogen (secondary N) is 1. The monoisotopic (exact) mass is 234 g/mol. The average molecular weight is 234 g/mol. The molecule has 1 aromatic rings. The number of hydrogen-bond donors (Lipinski definition) is 2. The van der Waals surface area contributed by atoms with Gasteiger partial charge in [-0.05, 0) is 6.92 Å². The lowest BCUT2D eigenvalue weighted by Crippen LogP contribution is -2.26. The minimum atomic E-state index is -1.01. The molecule has 7 nitrogen and oxygen atoms in total. The second-order valence-electron chi connectivity index (χ2n) is 3.90. The molecule has 0 spiro atoms. The van der Waals surface area contributed by atoms with Crippen LogP contribution in [0.5, 0.6) is 0 Å². The predicted octanol–water partition coefficient (Wildman–Crippen LogP) is 0.0273. The first-order valence-electron chi connectivity index (χ1n) is 5.02. The first-order valence-corrected chi connectivity index (χ1v) is 5.02. The number of carboxylic acid groups (broad SMARTS) is 1. The Kier molecular flexibility index (Phi) is 2.55. The van der Waals surface area contributed by atoms with Crippen molar-refractivity contribution in [2.75, 3.05) is 11.4 Å². The van der Waals surface area contributed by atoms with Crippen molar-refractivity contribution >= 4 is 17.7 Å². The van der Waals surface area contributed by atoms with Gasteiger partial charge in [-0.3, -0.25) is 19.6 Å². The normalized spacial score (nSPS) is 19.4. The Morgan fingerprint density at radius 2 is 2.41 bits per heavy atom. The van der Waals surface area contributed by atoms with Gasteiger partial charge in [-0.15, -0.1) is 0 Å². The largest absolute Gasteiger partial charge is 0.481 e. The molecule has 7 heteroatoms. The van der Waals surface area contributed by atoms with E-state index in [1.807, 2.05) is 6.07 Å². The van der Waals surface area contributed by atoms with Crippen molar-refractivity contribution in [2.24, 2.45) is 5.92 Å². The zero-order valence-corrected chi connectivity index (χ0v) is 9.10. The highest BCUT2D eigenvalue weighted by molar-refractivity contribution is 5.99. The zero-order valence-electron chi connectivity index (χ0n) is 9.10. The second kappa shape index (κ2) is 3.90. The highest BCUT2D eigenvalue weighted by Crippen LogP contribution is 2.27. The van der Waals surface area contributed by atoms with Crippen molar-refractivity contribution in [1.29, 1.82) is 5.26 Å². The Balaban J connectivity index is 2.33. The number of aryl methyl sites for hydroxylation is 1. The summed E-state index contributed by atoms with van der Waals surface area (Å²) in [5, 5.41) is 24.3. The van der Waals surface area contributed by atoms with Gasteiger partial charge in [-0.1, -0.05) is 0 Å². The summed E-state index contributed by atoms with van der Waals surface area (Å²) in [5.74, 6) is -1.84. The third-order valence-electron chi connectivity index (χ3n) is 2.77. The molecule has 2 heterocycles. The molecule has 1 saturated heterocycles. The third-order valence-corrected chi connectivity index (χ3v) is 2.77. The summed E-state index contributed by atoms with van der Waals surface area (Å²) in [4.78, 5) is 23.7. The van der Waals surface area contributed by atoms with Crippen LogP contribution in [0.25, 0.3) is 0 Å². The summed E-state index contributed by atoms with van der Waals surface area (Å²) in [5.41, 5.74) is 0.846. The highest BCUT2D eigenvalue weighted by atomic mass is 16.4. The van der Waals surface area contributed by atoms with Gasteiger partial charge in [0.2, 0.25) is 5.91 Å². The molecular formula is C10H10N4O3. The van der Waals surface area contributed by atoms with Gasteiger partial charge in [0.25, 0.3) is 0 Å². The van der Waals surface area contributed by atoms with Crippen LogP contribution in [0.4, 0.5) is 5.82 Å². The summed E-state index contributed by atoms with van der Waals surface area (Å²) in [6, 6.07) is 1.95. The van der Waals surface area contributed by atoms with Crippen molar-refractivity contribution < 1.29 is 14.7 Å². The number of H-pyrrole nitrogens is 1. The third kappa shape index (κ3) is 1.73. The number of nitrogens with zero attached hydrogens (tertiary/aromatic N) is 3. The molecule has 0 aliphatic carbocycles. The molecular weight excluding hydrogens is 224 g/mol. The van der Waals surface area contributed by atoms with Crippen LogP contribution in [0.1, 0.15) is 17.7 Å². The van der Waals surface area contributed by atoms with E-state index in [0.29, 0.717) is 5.69 Å². The van der Waals surface area contributed by atoms with Gasteiger partial charge in [-0.25, -0.2) is 0 Å². The lowest BCUT2D eigenvalue weighted by molar-refractivity contribution is -0.141. The molecule has 1 unspecified atom stereocenters. The van der Waals surface area contributed by atoms with Crippen LogP contribution in [-0.4, -0.2) is 33.7 Å². The fourth-order valence-corrected chi connectivity index (χ4v) is 1.82. The number of carbonyl (C=O) groups excluding carboxylic acids is 1. The Morgan fingerprint density at radius 1 is 1.71 bits per heavy atom. The smallest absolute Gasteiger partial charge is 0.308 e. The minimum absolute atomic E-state index is 0.0495. The van der Waals surface area contributed by atoms with E-state index >= 15 is 0 Å². The molecule has 0 radical (unpaired) electrons. The molecule has 88 valence electrons. The molecule has 2 N–H and O–H groups in total. The molecule has 1 aliphatic heterocycles. The van der Waals surface area contributed by atoms with Crippen molar-refractivity contribution in [2.45, 2.75) is 13.3 Å². The van der Waals surface area contributed by atoms with E-state index < -0.39 is 11.9 Å². The Hall–Kier alpha value is -2.36. The molecule has 1 atom stereocenters. The Morgan fingerprint density at radius 3 is 2.94 bits per heavy atom. The number of rotatable bonds is 2. The Labute approximate surface area is 96.6 Å². The van der Waals surface area contributed by atoms with E-state index in [2.05, 4.69) is 10.2 Å². The lowest BCUT2D eigenvalue weighted by atomic mass is 10.1. The fraction of sp³-hybridized carbons (Fsp3) is 0.400. The first-order chi connectivity index (χ1) is 8.04. The molecule has 0 aromatic carbocycles. The van der Waals surface area contributed by atoms with Gasteiger partial charge in [0.15, 0.2) is 5.82 Å². The van der Waals surface area contributed by atoms with E-state index in [1.165, 1.54) is 4.90 Å². The molecule has 2 rings (SSSR count). The van der Waals surface area contributed by atoms with Gasteiger partial charge in [0.05, 0.1) is 11.6 Å². The number of aromatic amines is 1.